The van der Waals surface area contributed by atoms with Gasteiger partial charge in [0, 0.05) is 55.9 Å². The number of hydrogen-bond donors (Lipinski definition) is 12. The summed E-state index contributed by atoms with van der Waals surface area (Å²) in [6.07, 6.45) is 4.41. The van der Waals surface area contributed by atoms with Crippen LogP contribution in [0, 0.1) is 17.8 Å². The van der Waals surface area contributed by atoms with Crippen molar-refractivity contribution in [2.45, 2.75) is 148 Å². The molecule has 1 aliphatic heterocycles. The first-order chi connectivity index (χ1) is 32.7. The molecule has 0 saturated carbocycles. The number of hydrogen-bond acceptors (Lipinski definition) is 14. The van der Waals surface area contributed by atoms with E-state index in [9.17, 15) is 48.3 Å². The van der Waals surface area contributed by atoms with Gasteiger partial charge in [0.05, 0.1) is 18.9 Å². The first-order valence-electron chi connectivity index (χ1n) is 23.9. The average molecular weight is 1010 g/mol. The number of aliphatic carboxylic acids is 1. The lowest BCUT2D eigenvalue weighted by atomic mass is 9.97. The molecule has 0 bridgehead atoms. The zero-order chi connectivity index (χ0) is 51.8. The van der Waals surface area contributed by atoms with Gasteiger partial charge < -0.3 is 63.3 Å². The predicted octanol–water partition coefficient (Wildman–Crippen LogP) is -0.759. The number of nitrogens with two attached hydrogens (primary N) is 2. The number of aromatic amines is 1. The number of amides is 8. The summed E-state index contributed by atoms with van der Waals surface area (Å²) in [7, 11) is 0. The number of nitrogens with one attached hydrogen (secondary N) is 7. The maximum atomic E-state index is 14.4. The lowest BCUT2D eigenvalue weighted by Gasteiger charge is -2.31. The minimum absolute atomic E-state index is 0.0321. The molecule has 0 spiro atoms. The van der Waals surface area contributed by atoms with E-state index in [-0.39, 0.29) is 62.9 Å². The van der Waals surface area contributed by atoms with Crippen LogP contribution >= 0.6 is 25.3 Å². The third kappa shape index (κ3) is 20.5. The number of nitrogens with zero attached hydrogens (tertiary/aromatic N) is 3. The standard InChI is InChI=1S/C45H78N12O10S2/c1-7-28(6)37(47)43(65)53-32(21-26(2)3)41(63)51-30(11-8-9-15-46)40(62)52-31(13-14-36(59)60)45(67)57-16-10-12-34(57)42(64)55-38(27(4)5)44(66)54-33(22-29-23-48-25-50-29)39(61)49-24-35(58)56(17-19-68)18-20-69/h23,25-28,30-34,37-38,68-69H,7-22,24,46-47H2,1-6H3,(H,48,50)(H,49,61)(H,51,63)(H,52,62)(H,53,65)(H,54,66)(H,55,64)(H,59,60)/t28-,30-,31-,32-,33-,34-,37-,38-/m0/s1. The van der Waals surface area contributed by atoms with Gasteiger partial charge in [0.1, 0.15) is 36.3 Å². The number of likely N-dealkylation sites (tertiary alicyclic amines) is 1. The molecule has 1 fully saturated rings. The number of imidazole rings is 1. The molecule has 1 aromatic rings. The van der Waals surface area contributed by atoms with Gasteiger partial charge in [-0.05, 0) is 69.2 Å². The highest BCUT2D eigenvalue weighted by Crippen LogP contribution is 2.21. The van der Waals surface area contributed by atoms with Crippen molar-refractivity contribution in [1.29, 1.82) is 0 Å². The van der Waals surface area contributed by atoms with Gasteiger partial charge in [-0.15, -0.1) is 0 Å². The number of H-pyrrole nitrogens is 1. The van der Waals surface area contributed by atoms with E-state index in [2.05, 4.69) is 67.1 Å². The number of carboxylic acid groups (broad SMARTS) is 1. The fourth-order valence-electron chi connectivity index (χ4n) is 7.69. The Morgan fingerprint density at radius 1 is 0.841 bits per heavy atom. The highest BCUT2D eigenvalue weighted by Gasteiger charge is 2.41. The molecule has 0 aliphatic carbocycles. The first-order valence-corrected chi connectivity index (χ1v) is 25.2. The number of carbonyl (C=O) groups excluding carboxylic acids is 8. The lowest BCUT2D eigenvalue weighted by molar-refractivity contribution is -0.144. The number of carboxylic acids is 1. The first kappa shape index (κ1) is 60.2. The van der Waals surface area contributed by atoms with E-state index in [1.165, 1.54) is 22.3 Å². The minimum Gasteiger partial charge on any atom is -0.481 e. The van der Waals surface area contributed by atoms with Crippen molar-refractivity contribution < 1.29 is 48.3 Å². The summed E-state index contributed by atoms with van der Waals surface area (Å²) >= 11 is 8.39. The fourth-order valence-corrected chi connectivity index (χ4v) is 8.17. The Balaban J connectivity index is 2.33. The van der Waals surface area contributed by atoms with Gasteiger partial charge in [0.15, 0.2) is 0 Å². The van der Waals surface area contributed by atoms with Crippen molar-refractivity contribution in [1.82, 2.24) is 51.7 Å². The number of unbranched alkanes of at least 4 members (excludes halogenated alkanes) is 1. The van der Waals surface area contributed by atoms with Crippen LogP contribution in [0.4, 0.5) is 0 Å². The number of thiol groups is 2. The number of aromatic nitrogens is 2. The Hall–Kier alpha value is -4.94. The number of carbonyl (C=O) groups is 9. The Morgan fingerprint density at radius 2 is 1.46 bits per heavy atom. The van der Waals surface area contributed by atoms with Gasteiger partial charge in [0.2, 0.25) is 47.3 Å². The molecule has 0 aromatic carbocycles. The summed E-state index contributed by atoms with van der Waals surface area (Å²) in [6, 6.07) is -8.09. The van der Waals surface area contributed by atoms with Crippen molar-refractivity contribution in [3.05, 3.63) is 18.2 Å². The van der Waals surface area contributed by atoms with E-state index in [1.54, 1.807) is 13.8 Å². The Bertz CT molecular complexity index is 1840. The van der Waals surface area contributed by atoms with E-state index in [0.717, 1.165) is 0 Å². The third-order valence-corrected chi connectivity index (χ3v) is 12.3. The van der Waals surface area contributed by atoms with Crippen LogP contribution in [0.25, 0.3) is 0 Å². The Kier molecular flexibility index (Phi) is 27.3. The maximum Gasteiger partial charge on any atom is 0.303 e. The predicted molar refractivity (Wildman–Crippen MR) is 265 cm³/mol. The highest BCUT2D eigenvalue weighted by atomic mass is 32.1. The molecule has 24 heteroatoms. The summed E-state index contributed by atoms with van der Waals surface area (Å²) in [6.45, 7) is 11.5. The summed E-state index contributed by atoms with van der Waals surface area (Å²) < 4.78 is 0. The van der Waals surface area contributed by atoms with Crippen LogP contribution in [-0.2, 0) is 49.6 Å². The molecule has 390 valence electrons. The second kappa shape index (κ2) is 31.3. The molecule has 12 N–H and O–H groups in total. The maximum absolute atomic E-state index is 14.4. The van der Waals surface area contributed by atoms with Gasteiger partial charge in [-0.1, -0.05) is 48.0 Å². The van der Waals surface area contributed by atoms with Gasteiger partial charge >= 0.3 is 5.97 Å². The molecular formula is C45H78N12O10S2. The van der Waals surface area contributed by atoms with Crippen molar-refractivity contribution in [2.24, 2.45) is 29.2 Å². The summed E-state index contributed by atoms with van der Waals surface area (Å²) in [4.78, 5) is 131. The second-order valence-corrected chi connectivity index (χ2v) is 19.1. The quantitative estimate of drug-likeness (QED) is 0.0313. The smallest absolute Gasteiger partial charge is 0.303 e. The number of rotatable bonds is 32. The van der Waals surface area contributed by atoms with E-state index in [4.69, 9.17) is 11.5 Å². The highest BCUT2D eigenvalue weighted by molar-refractivity contribution is 7.80. The molecule has 1 aromatic heterocycles. The zero-order valence-corrected chi connectivity index (χ0v) is 42.8. The van der Waals surface area contributed by atoms with E-state index in [1.807, 2.05) is 27.7 Å². The summed E-state index contributed by atoms with van der Waals surface area (Å²) in [5, 5.41) is 25.8. The molecule has 8 atom stereocenters. The second-order valence-electron chi connectivity index (χ2n) is 18.2. The molecule has 0 unspecified atom stereocenters. The molecule has 2 heterocycles. The van der Waals surface area contributed by atoms with Crippen LogP contribution < -0.4 is 43.4 Å². The van der Waals surface area contributed by atoms with Gasteiger partial charge in [-0.3, -0.25) is 43.2 Å². The van der Waals surface area contributed by atoms with Crippen LogP contribution in [0.3, 0.4) is 0 Å². The molecule has 2 rings (SSSR count). The van der Waals surface area contributed by atoms with Crippen LogP contribution in [-0.4, -0.2) is 165 Å². The molecule has 0 radical (unpaired) electrons. The van der Waals surface area contributed by atoms with Gasteiger partial charge in [-0.25, -0.2) is 4.98 Å². The van der Waals surface area contributed by atoms with Crippen LogP contribution in [0.15, 0.2) is 12.5 Å². The van der Waals surface area contributed by atoms with Crippen LogP contribution in [0.5, 0.6) is 0 Å². The SMILES string of the molecule is CC[C@H](C)[C@H](N)C(=O)N[C@@H](CC(C)C)C(=O)N[C@@H](CCCCN)C(=O)N[C@@H](CCC(=O)O)C(=O)N1CCC[C@H]1C(=O)N[C@H](C(=O)N[C@@H](Cc1cnc[nH]1)C(=O)NCC(=O)N(CCS)CCS)C(C)C. The Morgan fingerprint density at radius 3 is 2.03 bits per heavy atom. The van der Waals surface area contributed by atoms with Crippen molar-refractivity contribution in [3.63, 3.8) is 0 Å². The third-order valence-electron chi connectivity index (χ3n) is 11.9. The molecule has 1 saturated heterocycles. The van der Waals surface area contributed by atoms with Crippen LogP contribution in [0.2, 0.25) is 0 Å². The van der Waals surface area contributed by atoms with E-state index in [0.29, 0.717) is 62.5 Å². The molecule has 69 heavy (non-hydrogen) atoms. The van der Waals surface area contributed by atoms with E-state index < -0.39 is 102 Å². The summed E-state index contributed by atoms with van der Waals surface area (Å²) in [5.41, 5.74) is 12.4. The normalized spacial score (nSPS) is 16.6. The molecule has 22 nitrogen and oxygen atoms in total. The molecular weight excluding hydrogens is 933 g/mol. The van der Waals surface area contributed by atoms with Gasteiger partial charge in [0.25, 0.3) is 0 Å². The van der Waals surface area contributed by atoms with Crippen molar-refractivity contribution >= 4 is 78.5 Å². The summed E-state index contributed by atoms with van der Waals surface area (Å²) in [5.74, 6) is -6.27. The van der Waals surface area contributed by atoms with Crippen molar-refractivity contribution in [3.8, 4) is 0 Å². The van der Waals surface area contributed by atoms with Crippen molar-refractivity contribution in [2.75, 3.05) is 44.2 Å². The fraction of sp³-hybridized carbons (Fsp3) is 0.733. The largest absolute Gasteiger partial charge is 0.481 e. The zero-order valence-electron chi connectivity index (χ0n) is 41.0. The molecule has 8 amide bonds. The topological polar surface area (TPSA) is 333 Å². The average Bonchev–Trinajstić information content (AvgIpc) is 4.02. The van der Waals surface area contributed by atoms with Crippen LogP contribution in [0.1, 0.15) is 105 Å². The van der Waals surface area contributed by atoms with Gasteiger partial charge in [-0.2, -0.15) is 25.3 Å². The monoisotopic (exact) mass is 1010 g/mol. The molecule has 1 aliphatic rings. The Labute approximate surface area is 416 Å². The lowest BCUT2D eigenvalue weighted by Crippen LogP contribution is -2.60. The van der Waals surface area contributed by atoms with E-state index >= 15 is 0 Å². The minimum atomic E-state index is -1.43.